The molecule has 2 unspecified atom stereocenters. The van der Waals surface area contributed by atoms with Gasteiger partial charge in [0.2, 0.25) is 0 Å². The molecule has 1 heterocycles. The number of carbonyl (C=O) groups is 2. The highest BCUT2D eigenvalue weighted by Gasteiger charge is 2.52. The minimum absolute atomic E-state index is 0.0894. The summed E-state index contributed by atoms with van der Waals surface area (Å²) < 4.78 is 133. The van der Waals surface area contributed by atoms with Crippen LogP contribution in [0.3, 0.4) is 0 Å². The Morgan fingerprint density at radius 1 is 0.911 bits per heavy atom. The molecule has 16 heteroatoms. The fraction of sp³-hybridized carbons (Fsp3) is 0.517. The second-order valence-corrected chi connectivity index (χ2v) is 11.2. The number of hydrogen-bond acceptors (Lipinski definition) is 5. The third-order valence-corrected chi connectivity index (χ3v) is 7.79. The lowest BCUT2D eigenvalue weighted by molar-refractivity contribution is -0.143. The Balaban J connectivity index is 1.91. The Labute approximate surface area is 251 Å². The van der Waals surface area contributed by atoms with Gasteiger partial charge in [0.15, 0.2) is 0 Å². The van der Waals surface area contributed by atoms with Crippen LogP contribution in [0.5, 0.6) is 0 Å². The lowest BCUT2D eigenvalue weighted by Gasteiger charge is -2.44. The number of benzene rings is 2. The van der Waals surface area contributed by atoms with Gasteiger partial charge in [-0.25, -0.2) is 9.59 Å². The molecule has 2 aromatic carbocycles. The van der Waals surface area contributed by atoms with E-state index in [1.54, 1.807) is 13.8 Å². The zero-order chi connectivity index (χ0) is 33.6. The van der Waals surface area contributed by atoms with Crippen molar-refractivity contribution in [3.63, 3.8) is 0 Å². The first-order valence-corrected chi connectivity index (χ1v) is 13.7. The molecule has 7 nitrogen and oxygen atoms in total. The third-order valence-electron chi connectivity index (χ3n) is 7.79. The van der Waals surface area contributed by atoms with Crippen molar-refractivity contribution in [2.45, 2.75) is 70.0 Å². The summed E-state index contributed by atoms with van der Waals surface area (Å²) >= 11 is 0. The van der Waals surface area contributed by atoms with Gasteiger partial charge in [0.25, 0.3) is 0 Å². The van der Waals surface area contributed by atoms with Crippen molar-refractivity contribution < 1.29 is 63.7 Å². The molecule has 4 rings (SSSR count). The van der Waals surface area contributed by atoms with Gasteiger partial charge in [0.05, 0.1) is 41.6 Å². The van der Waals surface area contributed by atoms with Gasteiger partial charge in [-0.2, -0.15) is 39.5 Å². The maximum atomic E-state index is 13.9. The van der Waals surface area contributed by atoms with Crippen molar-refractivity contribution >= 4 is 17.9 Å². The van der Waals surface area contributed by atoms with Gasteiger partial charge < -0.3 is 14.6 Å². The average Bonchev–Trinajstić information content (AvgIpc) is 3.72. The smallest absolute Gasteiger partial charge is 0.416 e. The molecule has 248 valence electrons. The van der Waals surface area contributed by atoms with Crippen LogP contribution in [-0.4, -0.2) is 48.1 Å². The van der Waals surface area contributed by atoms with E-state index < -0.39 is 83.6 Å². The summed E-state index contributed by atoms with van der Waals surface area (Å²) in [5.41, 5.74) is -5.45. The first-order valence-electron chi connectivity index (χ1n) is 13.7. The summed E-state index contributed by atoms with van der Waals surface area (Å²) in [6, 6.07) is 0.820. The van der Waals surface area contributed by atoms with Crippen molar-refractivity contribution in [1.82, 2.24) is 4.90 Å². The molecule has 1 N–H and O–H groups in total. The fourth-order valence-electron chi connectivity index (χ4n) is 5.69. The van der Waals surface area contributed by atoms with Gasteiger partial charge in [0, 0.05) is 19.2 Å². The molecule has 0 saturated heterocycles. The molecule has 0 radical (unpaired) electrons. The van der Waals surface area contributed by atoms with Crippen molar-refractivity contribution in [1.29, 1.82) is 0 Å². The second-order valence-electron chi connectivity index (χ2n) is 11.2. The van der Waals surface area contributed by atoms with E-state index in [1.165, 1.54) is 0 Å². The molecule has 45 heavy (non-hydrogen) atoms. The largest absolute Gasteiger partial charge is 0.453 e. The molecule has 1 aliphatic carbocycles. The zero-order valence-electron chi connectivity index (χ0n) is 24.1. The summed E-state index contributed by atoms with van der Waals surface area (Å²) in [6.07, 6.45) is -18.0. The number of rotatable bonds is 6. The number of nitrogens with zero attached hydrogens (tertiary/aromatic N) is 2. The highest BCUT2D eigenvalue weighted by Crippen LogP contribution is 2.52. The topological polar surface area (TPSA) is 79.3 Å². The standard InChI is InChI=1S/C29H29F9N2O5/c1-14(2)45-26(43)40-22-5-4-17(27(30,31)32)10-21(22)23(11-24(40)20-8-16(20)13-41)39(25(42)44-3)12-15-6-18(28(33,34)35)9-19(7-15)29(36,37)38/h4-7,9-10,14,16,20,23-24,41H,8,11-13H2,1-3H3/t16-,20-,23?,24?/m1/s1. The number of anilines is 1. The van der Waals surface area contributed by atoms with Gasteiger partial charge in [-0.15, -0.1) is 0 Å². The van der Waals surface area contributed by atoms with E-state index in [4.69, 9.17) is 9.47 Å². The van der Waals surface area contributed by atoms with Crippen LogP contribution >= 0.6 is 0 Å². The minimum Gasteiger partial charge on any atom is -0.453 e. The lowest BCUT2D eigenvalue weighted by atomic mass is 9.86. The van der Waals surface area contributed by atoms with E-state index in [9.17, 15) is 54.2 Å². The van der Waals surface area contributed by atoms with E-state index in [1.807, 2.05) is 0 Å². The lowest BCUT2D eigenvalue weighted by Crippen LogP contribution is -2.50. The van der Waals surface area contributed by atoms with E-state index in [0.717, 1.165) is 23.0 Å². The molecule has 0 bridgehead atoms. The van der Waals surface area contributed by atoms with Crippen LogP contribution in [0.1, 0.15) is 60.5 Å². The van der Waals surface area contributed by atoms with E-state index in [-0.39, 0.29) is 36.3 Å². The number of amides is 2. The molecule has 2 aliphatic rings. The van der Waals surface area contributed by atoms with Crippen LogP contribution in [0, 0.1) is 11.8 Å². The number of ether oxygens (including phenoxy) is 2. The maximum Gasteiger partial charge on any atom is 0.416 e. The Hall–Kier alpha value is -3.69. The van der Waals surface area contributed by atoms with Crippen LogP contribution in [0.15, 0.2) is 36.4 Å². The highest BCUT2D eigenvalue weighted by molar-refractivity contribution is 5.91. The molecule has 2 aromatic rings. The number of aliphatic hydroxyl groups excluding tert-OH is 1. The van der Waals surface area contributed by atoms with Crippen molar-refractivity contribution in [2.24, 2.45) is 11.8 Å². The van der Waals surface area contributed by atoms with Crippen molar-refractivity contribution in [2.75, 3.05) is 18.6 Å². The summed E-state index contributed by atoms with van der Waals surface area (Å²) in [5.74, 6) is -0.720. The number of aliphatic hydroxyl groups is 1. The Morgan fingerprint density at radius 3 is 1.96 bits per heavy atom. The monoisotopic (exact) mass is 656 g/mol. The van der Waals surface area contributed by atoms with Gasteiger partial charge >= 0.3 is 30.7 Å². The Kier molecular flexibility index (Phi) is 9.31. The van der Waals surface area contributed by atoms with Crippen LogP contribution < -0.4 is 4.90 Å². The number of fused-ring (bicyclic) bond motifs is 1. The predicted molar refractivity (Wildman–Crippen MR) is 140 cm³/mol. The van der Waals surface area contributed by atoms with Crippen LogP contribution in [0.25, 0.3) is 0 Å². The first kappa shape index (κ1) is 34.2. The zero-order valence-corrected chi connectivity index (χ0v) is 24.1. The molecule has 2 amide bonds. The fourth-order valence-corrected chi connectivity index (χ4v) is 5.69. The van der Waals surface area contributed by atoms with E-state index >= 15 is 0 Å². The summed E-state index contributed by atoms with van der Waals surface area (Å²) in [7, 11) is 0.894. The molecular weight excluding hydrogens is 627 g/mol. The summed E-state index contributed by atoms with van der Waals surface area (Å²) in [4.78, 5) is 28.3. The molecule has 1 aliphatic heterocycles. The van der Waals surface area contributed by atoms with Gasteiger partial charge in [-0.05, 0) is 86.1 Å². The predicted octanol–water partition coefficient (Wildman–Crippen LogP) is 7.80. The number of alkyl halides is 9. The van der Waals surface area contributed by atoms with Gasteiger partial charge in [-0.1, -0.05) is 0 Å². The van der Waals surface area contributed by atoms with E-state index in [2.05, 4.69) is 0 Å². The molecule has 1 fully saturated rings. The minimum atomic E-state index is -5.20. The Bertz CT molecular complexity index is 1390. The van der Waals surface area contributed by atoms with Crippen LogP contribution in [0.4, 0.5) is 54.8 Å². The second kappa shape index (κ2) is 12.2. The normalized spacial score (nSPS) is 21.8. The molecule has 1 saturated carbocycles. The average molecular weight is 657 g/mol. The van der Waals surface area contributed by atoms with Crippen LogP contribution in [0.2, 0.25) is 0 Å². The summed E-state index contributed by atoms with van der Waals surface area (Å²) in [5, 5.41) is 9.75. The molecular formula is C29H29F9N2O5. The van der Waals surface area contributed by atoms with Gasteiger partial charge in [-0.3, -0.25) is 9.80 Å². The molecule has 4 atom stereocenters. The quantitative estimate of drug-likeness (QED) is 0.321. The van der Waals surface area contributed by atoms with Gasteiger partial charge in [0.1, 0.15) is 0 Å². The molecule has 0 aromatic heterocycles. The number of carbonyl (C=O) groups excluding carboxylic acids is 2. The van der Waals surface area contributed by atoms with Crippen LogP contribution in [-0.2, 0) is 34.5 Å². The third kappa shape index (κ3) is 7.42. The maximum absolute atomic E-state index is 13.9. The molecule has 0 spiro atoms. The van der Waals surface area contributed by atoms with Crippen molar-refractivity contribution in [3.05, 3.63) is 64.2 Å². The number of halogens is 9. The van der Waals surface area contributed by atoms with E-state index in [0.29, 0.717) is 30.7 Å². The number of hydrogen-bond donors (Lipinski definition) is 1. The first-order chi connectivity index (χ1) is 20.8. The Morgan fingerprint density at radius 2 is 1.49 bits per heavy atom. The highest BCUT2D eigenvalue weighted by atomic mass is 19.4. The number of methoxy groups -OCH3 is 1. The van der Waals surface area contributed by atoms with Crippen molar-refractivity contribution in [3.8, 4) is 0 Å². The SMILES string of the molecule is COC(=O)N(Cc1cc(C(F)(F)F)cc(C(F)(F)F)c1)C1CC([C@@H]2C[C@@H]2CO)N(C(=O)OC(C)C)c2ccc(C(F)(F)F)cc21. The summed E-state index contributed by atoms with van der Waals surface area (Å²) in [6.45, 7) is 1.88.